The molecule has 7 rings (SSSR count). The fraction of sp³-hybridized carbons (Fsp3) is 0.450. The van der Waals surface area contributed by atoms with Crippen molar-refractivity contribution in [2.24, 2.45) is 0 Å². The first kappa shape index (κ1) is 39.6. The van der Waals surface area contributed by atoms with Crippen LogP contribution in [-0.2, 0) is 16.7 Å². The van der Waals surface area contributed by atoms with Crippen LogP contribution in [0.2, 0.25) is 0 Å². The van der Waals surface area contributed by atoms with Crippen LogP contribution in [0, 0.1) is 0 Å². The van der Waals surface area contributed by atoms with Gasteiger partial charge in [0.05, 0.1) is 31.5 Å². The predicted molar refractivity (Wildman–Crippen MR) is 219 cm³/mol. The van der Waals surface area contributed by atoms with Crippen LogP contribution in [0.1, 0.15) is 86.4 Å². The molecule has 2 fully saturated rings. The zero-order valence-corrected chi connectivity index (χ0v) is 33.8. The van der Waals surface area contributed by atoms with Gasteiger partial charge in [0, 0.05) is 41.7 Å². The quantitative estimate of drug-likeness (QED) is 0.172. The highest BCUT2D eigenvalue weighted by atomic mass is 32.1. The summed E-state index contributed by atoms with van der Waals surface area (Å²) in [5.41, 5.74) is 2.25. The average Bonchev–Trinajstić information content (AvgIpc) is 3.98. The Labute approximate surface area is 334 Å². The first-order chi connectivity index (χ1) is 27.5. The van der Waals surface area contributed by atoms with Gasteiger partial charge in [0.15, 0.2) is 11.0 Å². The van der Waals surface area contributed by atoms with E-state index >= 15 is 0 Å². The topological polar surface area (TPSA) is 174 Å². The molecule has 0 spiro atoms. The number of alkyl carbamates (subject to hydrolysis) is 1. The second-order valence-electron chi connectivity index (χ2n) is 15.3. The highest BCUT2D eigenvalue weighted by Crippen LogP contribution is 2.28. The minimum Gasteiger partial charge on any atom is -0.497 e. The smallest absolute Gasteiger partial charge is 0.407 e. The van der Waals surface area contributed by atoms with Crippen molar-refractivity contribution in [3.63, 3.8) is 0 Å². The van der Waals surface area contributed by atoms with Gasteiger partial charge in [-0.3, -0.25) is 24.2 Å². The van der Waals surface area contributed by atoms with Gasteiger partial charge in [-0.1, -0.05) is 39.8 Å². The van der Waals surface area contributed by atoms with Gasteiger partial charge in [-0.15, -0.1) is 16.4 Å². The summed E-state index contributed by atoms with van der Waals surface area (Å²) in [6, 6.07) is 11.1. The molecular weight excluding hydrogens is 747 g/mol. The molecule has 1 aromatic carbocycles. The number of ether oxygens (including phenoxy) is 2. The number of likely N-dealkylation sites (N-methyl/N-ethyl adjacent to an activating group) is 1. The van der Waals surface area contributed by atoms with Crippen LogP contribution in [0.5, 0.6) is 5.75 Å². The van der Waals surface area contributed by atoms with Gasteiger partial charge in [-0.05, 0) is 91.2 Å². The van der Waals surface area contributed by atoms with Gasteiger partial charge >= 0.3 is 6.09 Å². The number of nitrogens with one attached hydrogen (secondary N) is 2. The first-order valence-electron chi connectivity index (χ1n) is 19.3. The molecule has 2 aliphatic heterocycles. The number of fused-ring (bicyclic) bond motifs is 1. The first-order valence-corrected chi connectivity index (χ1v) is 20.2. The minimum absolute atomic E-state index is 0.160. The molecule has 0 unspecified atom stereocenters. The van der Waals surface area contributed by atoms with Crippen LogP contribution in [-0.4, -0.2) is 103 Å². The van der Waals surface area contributed by atoms with E-state index in [0.29, 0.717) is 73.0 Å². The summed E-state index contributed by atoms with van der Waals surface area (Å²) in [4.78, 5) is 54.7. The number of hydrogen-bond acceptors (Lipinski definition) is 13. The lowest BCUT2D eigenvalue weighted by atomic mass is 9.93. The van der Waals surface area contributed by atoms with Crippen LogP contribution in [0.3, 0.4) is 0 Å². The van der Waals surface area contributed by atoms with E-state index in [0.717, 1.165) is 42.9 Å². The van der Waals surface area contributed by atoms with Gasteiger partial charge in [-0.2, -0.15) is 0 Å². The molecule has 16 nitrogen and oxygen atoms in total. The van der Waals surface area contributed by atoms with Gasteiger partial charge in [0.25, 0.3) is 11.5 Å². The summed E-state index contributed by atoms with van der Waals surface area (Å²) in [5, 5.41) is 20.5. The molecule has 17 heteroatoms. The van der Waals surface area contributed by atoms with E-state index < -0.39 is 12.2 Å². The molecule has 300 valence electrons. The Hall–Kier alpha value is -5.68. The third kappa shape index (κ3) is 9.31. The van der Waals surface area contributed by atoms with E-state index in [9.17, 15) is 14.4 Å². The van der Waals surface area contributed by atoms with Crippen LogP contribution in [0.15, 0.2) is 52.8 Å². The number of likely N-dealkylation sites (tertiary alicyclic amines) is 1. The van der Waals surface area contributed by atoms with Gasteiger partial charge < -0.3 is 19.7 Å². The largest absolute Gasteiger partial charge is 0.497 e. The highest BCUT2D eigenvalue weighted by molar-refractivity contribution is 7.14. The van der Waals surface area contributed by atoms with Crippen molar-refractivity contribution in [3.8, 4) is 5.75 Å². The summed E-state index contributed by atoms with van der Waals surface area (Å²) in [7, 11) is 1.62. The standard InChI is InChI=1S/C40H49N11O5S/c1-6-48-18-7-9-28(48)22-41-39(54)56-30-10-8-19-49(24-30)35-31(15-16-33-45-46-47-51(33)23-26-11-13-29(55-5)14-12-26)37(53)50-20-17-27(21-34(50)43-35)36(52)44-38-42-32(25-57-38)40(2,3)4/h11-17,20-21,25,28,30H,6-10,18-19,22-24H2,1-5H3,(H,41,54)(H,42,44,52)/b16-15+/t28-,30+/m0/s1. The summed E-state index contributed by atoms with van der Waals surface area (Å²) < 4.78 is 14.3. The maximum atomic E-state index is 14.3. The molecule has 4 aromatic heterocycles. The van der Waals surface area contributed by atoms with Crippen LogP contribution in [0.25, 0.3) is 17.8 Å². The number of nitrogens with zero attached hydrogens (tertiary/aromatic N) is 9. The highest BCUT2D eigenvalue weighted by Gasteiger charge is 2.29. The van der Waals surface area contributed by atoms with Crippen molar-refractivity contribution in [3.05, 3.63) is 86.5 Å². The van der Waals surface area contributed by atoms with Crippen molar-refractivity contribution in [2.45, 2.75) is 77.5 Å². The molecule has 5 aromatic rings. The van der Waals surface area contributed by atoms with Crippen molar-refractivity contribution >= 4 is 52.1 Å². The van der Waals surface area contributed by atoms with Crippen LogP contribution in [0.4, 0.5) is 15.7 Å². The monoisotopic (exact) mass is 795 g/mol. The Morgan fingerprint density at radius 2 is 1.86 bits per heavy atom. The molecular formula is C40H49N11O5S. The van der Waals surface area contributed by atoms with Gasteiger partial charge in [0.1, 0.15) is 23.3 Å². The normalized spacial score (nSPS) is 17.7. The van der Waals surface area contributed by atoms with E-state index in [1.54, 1.807) is 42.3 Å². The summed E-state index contributed by atoms with van der Waals surface area (Å²) >= 11 is 1.36. The Morgan fingerprint density at radius 3 is 2.61 bits per heavy atom. The Kier molecular flexibility index (Phi) is 11.9. The number of amides is 2. The molecule has 0 saturated carbocycles. The van der Waals surface area contributed by atoms with Gasteiger partial charge in [-0.25, -0.2) is 19.4 Å². The number of piperidine rings is 1. The Morgan fingerprint density at radius 1 is 1.05 bits per heavy atom. The van der Waals surface area contributed by atoms with Crippen LogP contribution < -0.4 is 25.8 Å². The second kappa shape index (κ2) is 17.2. The fourth-order valence-electron chi connectivity index (χ4n) is 7.18. The summed E-state index contributed by atoms with van der Waals surface area (Å²) in [5.74, 6) is 1.21. The molecule has 0 bridgehead atoms. The van der Waals surface area contributed by atoms with Gasteiger partial charge in [0.2, 0.25) is 0 Å². The zero-order chi connectivity index (χ0) is 40.1. The number of pyridine rings is 1. The van der Waals surface area contributed by atoms with Crippen molar-refractivity contribution in [1.82, 2.24) is 44.8 Å². The molecule has 2 aliphatic rings. The van der Waals surface area contributed by atoms with E-state index in [1.165, 1.54) is 15.7 Å². The molecule has 6 heterocycles. The number of thiazole rings is 1. The van der Waals surface area contributed by atoms with Crippen molar-refractivity contribution in [2.75, 3.05) is 50.1 Å². The molecule has 0 aliphatic carbocycles. The third-order valence-corrected chi connectivity index (χ3v) is 11.1. The number of benzene rings is 1. The fourth-order valence-corrected chi connectivity index (χ4v) is 8.11. The number of aromatic nitrogens is 7. The predicted octanol–water partition coefficient (Wildman–Crippen LogP) is 5.09. The lowest BCUT2D eigenvalue weighted by molar-refractivity contribution is 0.0862. The summed E-state index contributed by atoms with van der Waals surface area (Å²) in [6.45, 7) is 12.2. The number of carbonyl (C=O) groups excluding carboxylic acids is 2. The van der Waals surface area contributed by atoms with E-state index in [-0.39, 0.29) is 22.5 Å². The molecule has 2 amide bonds. The Bertz CT molecular complexity index is 2300. The molecule has 2 saturated heterocycles. The molecule has 0 radical (unpaired) electrons. The van der Waals surface area contributed by atoms with E-state index in [1.807, 2.05) is 34.5 Å². The number of methoxy groups -OCH3 is 1. The van der Waals surface area contributed by atoms with Crippen LogP contribution >= 0.6 is 11.3 Å². The molecule has 2 atom stereocenters. The number of rotatable bonds is 12. The third-order valence-electron chi connectivity index (χ3n) is 10.4. The second-order valence-corrected chi connectivity index (χ2v) is 16.2. The number of anilines is 2. The lowest BCUT2D eigenvalue weighted by Gasteiger charge is -2.34. The molecule has 2 N–H and O–H groups in total. The lowest BCUT2D eigenvalue weighted by Crippen LogP contribution is -2.45. The zero-order valence-electron chi connectivity index (χ0n) is 33.0. The maximum absolute atomic E-state index is 14.3. The number of hydrogen-bond donors (Lipinski definition) is 2. The number of carbonyl (C=O) groups is 2. The molecule has 57 heavy (non-hydrogen) atoms. The SMILES string of the molecule is CCN1CCC[C@H]1CNC(=O)O[C@@H]1CCCN(c2nc3cc(C(=O)Nc4nc(C(C)(C)C)cs4)ccn3c(=O)c2/C=C/c2nnnn2Cc2ccc(OC)cc2)C1. The summed E-state index contributed by atoms with van der Waals surface area (Å²) in [6.07, 6.45) is 7.58. The minimum atomic E-state index is -0.453. The van der Waals surface area contributed by atoms with E-state index in [2.05, 4.69) is 63.7 Å². The van der Waals surface area contributed by atoms with Crippen molar-refractivity contribution in [1.29, 1.82) is 0 Å². The van der Waals surface area contributed by atoms with E-state index in [4.69, 9.17) is 14.5 Å². The average molecular weight is 796 g/mol. The maximum Gasteiger partial charge on any atom is 0.407 e. The Balaban J connectivity index is 1.17. The van der Waals surface area contributed by atoms with Crippen molar-refractivity contribution < 1.29 is 19.1 Å². The number of tetrazole rings is 1.